The second-order valence-electron chi connectivity index (χ2n) is 5.15. The summed E-state index contributed by atoms with van der Waals surface area (Å²) in [6.07, 6.45) is 4.63. The van der Waals surface area contributed by atoms with Gasteiger partial charge in [0.1, 0.15) is 0 Å². The summed E-state index contributed by atoms with van der Waals surface area (Å²) in [6.45, 7) is 1.93. The zero-order valence-corrected chi connectivity index (χ0v) is 13.1. The molecule has 0 aromatic carbocycles. The molecule has 21 heavy (non-hydrogen) atoms. The van der Waals surface area contributed by atoms with Crippen LogP contribution in [0.2, 0.25) is 5.02 Å². The second kappa shape index (κ2) is 5.50. The highest BCUT2D eigenvalue weighted by molar-refractivity contribution is 6.31. The lowest BCUT2D eigenvalue weighted by Crippen LogP contribution is -2.20. The summed E-state index contributed by atoms with van der Waals surface area (Å²) in [5.41, 5.74) is 4.16. The van der Waals surface area contributed by atoms with E-state index in [0.717, 1.165) is 33.9 Å². The van der Waals surface area contributed by atoms with Crippen LogP contribution in [-0.4, -0.2) is 26.4 Å². The molecular formula is C15H18ClN5. The maximum atomic E-state index is 6.36. The molecule has 6 heteroatoms. The molecule has 0 bridgehead atoms. The molecule has 1 atom stereocenters. The highest BCUT2D eigenvalue weighted by Gasteiger charge is 2.20. The smallest absolute Gasteiger partial charge is 0.0847 e. The predicted octanol–water partition coefficient (Wildman–Crippen LogP) is 2.53. The maximum Gasteiger partial charge on any atom is 0.0847 e. The van der Waals surface area contributed by atoms with E-state index in [0.29, 0.717) is 0 Å². The lowest BCUT2D eigenvalue weighted by molar-refractivity contribution is 0.564. The van der Waals surface area contributed by atoms with Gasteiger partial charge >= 0.3 is 0 Å². The van der Waals surface area contributed by atoms with Gasteiger partial charge in [0.2, 0.25) is 0 Å². The number of aromatic nitrogens is 4. The van der Waals surface area contributed by atoms with Crippen molar-refractivity contribution in [2.75, 3.05) is 7.05 Å². The first-order valence-electron chi connectivity index (χ1n) is 6.89. The van der Waals surface area contributed by atoms with Crippen LogP contribution in [0.5, 0.6) is 0 Å². The van der Waals surface area contributed by atoms with Crippen molar-refractivity contribution in [2.24, 2.45) is 7.05 Å². The van der Waals surface area contributed by atoms with Crippen LogP contribution in [0.4, 0.5) is 0 Å². The fraction of sp³-hybridized carbons (Fsp3) is 0.333. The molecule has 0 saturated carbocycles. The van der Waals surface area contributed by atoms with Crippen LogP contribution < -0.4 is 5.32 Å². The fourth-order valence-electron chi connectivity index (χ4n) is 2.69. The van der Waals surface area contributed by atoms with Crippen molar-refractivity contribution < 1.29 is 0 Å². The minimum Gasteiger partial charge on any atom is -0.313 e. The van der Waals surface area contributed by atoms with E-state index in [2.05, 4.69) is 21.6 Å². The van der Waals surface area contributed by atoms with E-state index in [1.165, 1.54) is 0 Å². The molecule has 0 aliphatic carbocycles. The molecule has 0 aliphatic heterocycles. The van der Waals surface area contributed by atoms with Gasteiger partial charge < -0.3 is 5.32 Å². The Bertz CT molecular complexity index is 774. The third-order valence-electron chi connectivity index (χ3n) is 3.84. The first-order valence-corrected chi connectivity index (χ1v) is 7.27. The number of aryl methyl sites for hydroxylation is 2. The van der Waals surface area contributed by atoms with Gasteiger partial charge in [-0.05, 0) is 26.1 Å². The van der Waals surface area contributed by atoms with Crippen molar-refractivity contribution in [2.45, 2.75) is 19.4 Å². The standard InChI is InChI=1S/C15H18ClN5/c1-10-15(16)14(20(3)19-10)8-12(17-2)11-9-18-21-7-5-4-6-13(11)21/h4-7,9,12,17H,8H2,1-3H3. The molecule has 0 spiro atoms. The predicted molar refractivity (Wildman–Crippen MR) is 83.7 cm³/mol. The quantitative estimate of drug-likeness (QED) is 0.806. The average molecular weight is 304 g/mol. The monoisotopic (exact) mass is 303 g/mol. The minimum atomic E-state index is 0.136. The summed E-state index contributed by atoms with van der Waals surface area (Å²) in [5.74, 6) is 0. The van der Waals surface area contributed by atoms with Crippen LogP contribution in [0, 0.1) is 6.92 Å². The molecule has 5 nitrogen and oxygen atoms in total. The molecule has 3 heterocycles. The summed E-state index contributed by atoms with van der Waals surface area (Å²) in [7, 11) is 3.88. The van der Waals surface area contributed by atoms with E-state index in [1.54, 1.807) is 0 Å². The largest absolute Gasteiger partial charge is 0.313 e. The van der Waals surface area contributed by atoms with E-state index >= 15 is 0 Å². The Labute approximate surface area is 128 Å². The summed E-state index contributed by atoms with van der Waals surface area (Å²) < 4.78 is 3.74. The molecule has 3 aromatic heterocycles. The number of nitrogens with one attached hydrogen (secondary N) is 1. The summed E-state index contributed by atoms with van der Waals surface area (Å²) in [4.78, 5) is 0. The molecular weight excluding hydrogens is 286 g/mol. The molecule has 1 unspecified atom stereocenters. The normalized spacial score (nSPS) is 13.0. The van der Waals surface area contributed by atoms with Crippen LogP contribution in [0.15, 0.2) is 30.6 Å². The van der Waals surface area contributed by atoms with Gasteiger partial charge in [0.05, 0.1) is 28.1 Å². The highest BCUT2D eigenvalue weighted by atomic mass is 35.5. The Morgan fingerprint density at radius 3 is 2.86 bits per heavy atom. The fourth-order valence-corrected chi connectivity index (χ4v) is 2.92. The van der Waals surface area contributed by atoms with Gasteiger partial charge in [0.15, 0.2) is 0 Å². The van der Waals surface area contributed by atoms with Gasteiger partial charge in [-0.3, -0.25) is 4.68 Å². The minimum absolute atomic E-state index is 0.136. The van der Waals surface area contributed by atoms with Crippen LogP contribution >= 0.6 is 11.6 Å². The molecule has 1 N–H and O–H groups in total. The Kier molecular flexibility index (Phi) is 3.69. The van der Waals surface area contributed by atoms with Gasteiger partial charge in [-0.1, -0.05) is 17.7 Å². The first-order chi connectivity index (χ1) is 10.1. The number of hydrogen-bond acceptors (Lipinski definition) is 3. The summed E-state index contributed by atoms with van der Waals surface area (Å²) in [6, 6.07) is 6.20. The number of nitrogens with zero attached hydrogens (tertiary/aromatic N) is 4. The number of likely N-dealkylation sites (N-methyl/N-ethyl adjacent to an activating group) is 1. The third kappa shape index (κ3) is 2.43. The van der Waals surface area contributed by atoms with Crippen molar-refractivity contribution >= 4 is 17.1 Å². The molecule has 0 saturated heterocycles. The van der Waals surface area contributed by atoms with Crippen LogP contribution in [0.25, 0.3) is 5.52 Å². The van der Waals surface area contributed by atoms with Crippen molar-refractivity contribution in [1.29, 1.82) is 0 Å². The van der Waals surface area contributed by atoms with Crippen molar-refractivity contribution in [3.05, 3.63) is 52.6 Å². The van der Waals surface area contributed by atoms with E-state index in [4.69, 9.17) is 11.6 Å². The molecule has 0 amide bonds. The van der Waals surface area contributed by atoms with Crippen molar-refractivity contribution in [3.63, 3.8) is 0 Å². The zero-order chi connectivity index (χ0) is 15.0. The maximum absolute atomic E-state index is 6.36. The Morgan fingerprint density at radius 2 is 2.19 bits per heavy atom. The second-order valence-corrected chi connectivity index (χ2v) is 5.52. The molecule has 0 radical (unpaired) electrons. The van der Waals surface area contributed by atoms with Gasteiger partial charge in [-0.15, -0.1) is 0 Å². The van der Waals surface area contributed by atoms with E-state index in [9.17, 15) is 0 Å². The summed E-state index contributed by atoms with van der Waals surface area (Å²) in [5, 5.41) is 12.9. The highest BCUT2D eigenvalue weighted by Crippen LogP contribution is 2.27. The first kappa shape index (κ1) is 14.1. The molecule has 110 valence electrons. The van der Waals surface area contributed by atoms with Crippen LogP contribution in [-0.2, 0) is 13.5 Å². The lowest BCUT2D eigenvalue weighted by atomic mass is 10.0. The third-order valence-corrected chi connectivity index (χ3v) is 4.33. The molecule has 3 rings (SSSR count). The molecule has 0 fully saturated rings. The molecule has 3 aromatic rings. The lowest BCUT2D eigenvalue weighted by Gasteiger charge is -2.15. The van der Waals surface area contributed by atoms with E-state index < -0.39 is 0 Å². The molecule has 0 aliphatic rings. The number of halogens is 1. The summed E-state index contributed by atoms with van der Waals surface area (Å²) >= 11 is 6.36. The SMILES string of the molecule is CNC(Cc1c(Cl)c(C)nn1C)c1cnn2ccccc12. The number of rotatable bonds is 4. The van der Waals surface area contributed by atoms with Gasteiger partial charge in [0, 0.05) is 31.3 Å². The van der Waals surface area contributed by atoms with Crippen molar-refractivity contribution in [1.82, 2.24) is 24.7 Å². The van der Waals surface area contributed by atoms with Gasteiger partial charge in [-0.2, -0.15) is 10.2 Å². The van der Waals surface area contributed by atoms with E-state index in [-0.39, 0.29) is 6.04 Å². The van der Waals surface area contributed by atoms with Crippen molar-refractivity contribution in [3.8, 4) is 0 Å². The number of hydrogen-bond donors (Lipinski definition) is 1. The Balaban J connectivity index is 1.99. The number of pyridine rings is 1. The van der Waals surface area contributed by atoms with Gasteiger partial charge in [-0.25, -0.2) is 4.52 Å². The Hall–Kier alpha value is -1.85. The average Bonchev–Trinajstić information content (AvgIpc) is 3.00. The van der Waals surface area contributed by atoms with Gasteiger partial charge in [0.25, 0.3) is 0 Å². The zero-order valence-electron chi connectivity index (χ0n) is 12.3. The topological polar surface area (TPSA) is 47.2 Å². The van der Waals surface area contributed by atoms with Crippen LogP contribution in [0.3, 0.4) is 0 Å². The van der Waals surface area contributed by atoms with Crippen LogP contribution in [0.1, 0.15) is 23.0 Å². The Morgan fingerprint density at radius 1 is 1.38 bits per heavy atom. The van der Waals surface area contributed by atoms with E-state index in [1.807, 2.05) is 54.7 Å². The number of fused-ring (bicyclic) bond motifs is 1.